The van der Waals surface area contributed by atoms with E-state index in [0.29, 0.717) is 11.8 Å². The molecule has 2 unspecified atom stereocenters. The van der Waals surface area contributed by atoms with Crippen molar-refractivity contribution in [3.05, 3.63) is 17.5 Å². The third kappa shape index (κ3) is 3.23. The summed E-state index contributed by atoms with van der Waals surface area (Å²) in [6, 6.07) is -0.883. The molecule has 1 saturated heterocycles. The van der Waals surface area contributed by atoms with Crippen LogP contribution in [0.2, 0.25) is 0 Å². The number of rotatable bonds is 4. The Hall–Kier alpha value is -0.170. The molecule has 0 spiro atoms. The monoisotopic (exact) mass is 324 g/mol. The summed E-state index contributed by atoms with van der Waals surface area (Å²) in [5, 5.41) is 5.95. The Kier molecular flexibility index (Phi) is 7.36. The van der Waals surface area contributed by atoms with Crippen LogP contribution >= 0.6 is 15.9 Å². The van der Waals surface area contributed by atoms with Crippen molar-refractivity contribution in [2.45, 2.75) is 20.3 Å². The maximum atomic E-state index is 12.0. The zero-order valence-electron chi connectivity index (χ0n) is 10.7. The number of hydrogen-bond donors (Lipinski definition) is 1. The summed E-state index contributed by atoms with van der Waals surface area (Å²) in [4.78, 5) is 34.9. The first-order valence-corrected chi connectivity index (χ1v) is 6.46. The van der Waals surface area contributed by atoms with Crippen LogP contribution in [0.25, 0.3) is 5.32 Å². The number of hydrogen-bond acceptors (Lipinski definition) is 3. The molecule has 1 fully saturated rings. The van der Waals surface area contributed by atoms with Gasteiger partial charge >= 0.3 is 29.6 Å². The summed E-state index contributed by atoms with van der Waals surface area (Å²) in [6.07, 6.45) is 3.84. The van der Waals surface area contributed by atoms with Crippen molar-refractivity contribution in [3.63, 3.8) is 0 Å². The molecule has 1 aliphatic rings. The SMILES string of the molecule is CCC(C)C1(/C=C/CBr)C(=O)[N-]C(=O)NC1=O.[Na+]. The molecule has 7 heteroatoms. The average molecular weight is 325 g/mol. The molecule has 5 nitrogen and oxygen atoms in total. The topological polar surface area (TPSA) is 77.3 Å². The largest absolute Gasteiger partial charge is 1.00 e. The molecule has 94 valence electrons. The quantitative estimate of drug-likeness (QED) is 0.316. The fourth-order valence-corrected chi connectivity index (χ4v) is 2.00. The maximum Gasteiger partial charge on any atom is 1.00 e. The zero-order chi connectivity index (χ0) is 13.1. The van der Waals surface area contributed by atoms with E-state index in [1.165, 1.54) is 6.08 Å². The van der Waals surface area contributed by atoms with E-state index in [1.807, 2.05) is 6.92 Å². The van der Waals surface area contributed by atoms with E-state index in [0.717, 1.165) is 0 Å². The molecule has 2 atom stereocenters. The van der Waals surface area contributed by atoms with E-state index in [1.54, 1.807) is 13.0 Å². The average Bonchev–Trinajstić information content (AvgIpc) is 2.27. The maximum absolute atomic E-state index is 12.0. The second kappa shape index (κ2) is 7.43. The van der Waals surface area contributed by atoms with Crippen LogP contribution in [0.1, 0.15) is 20.3 Å². The van der Waals surface area contributed by atoms with Crippen LogP contribution < -0.4 is 34.9 Å². The Morgan fingerprint density at radius 2 is 2.06 bits per heavy atom. The first-order valence-electron chi connectivity index (χ1n) is 5.34. The van der Waals surface area contributed by atoms with Crippen LogP contribution in [-0.2, 0) is 9.59 Å². The van der Waals surface area contributed by atoms with Crippen LogP contribution in [0.4, 0.5) is 4.79 Å². The van der Waals surface area contributed by atoms with Gasteiger partial charge in [0.25, 0.3) is 0 Å². The number of carbonyl (C=O) groups excluding carboxylic acids is 3. The Labute approximate surface area is 137 Å². The molecule has 0 saturated carbocycles. The minimum absolute atomic E-state index is 0. The molecule has 0 aromatic carbocycles. The Bertz CT molecular complexity index is 364. The number of nitrogens with one attached hydrogen (secondary N) is 1. The number of alkyl halides is 1. The first kappa shape index (κ1) is 17.8. The fraction of sp³-hybridized carbons (Fsp3) is 0.545. The van der Waals surface area contributed by atoms with Crippen molar-refractivity contribution < 1.29 is 43.9 Å². The van der Waals surface area contributed by atoms with Crippen molar-refractivity contribution in [3.8, 4) is 0 Å². The second-order valence-corrected chi connectivity index (χ2v) is 4.56. The normalized spacial score (nSPS) is 25.4. The van der Waals surface area contributed by atoms with Crippen LogP contribution in [0.5, 0.6) is 0 Å². The van der Waals surface area contributed by atoms with Gasteiger partial charge in [0.15, 0.2) is 17.8 Å². The van der Waals surface area contributed by atoms with Gasteiger partial charge in [0.05, 0.1) is 0 Å². The van der Waals surface area contributed by atoms with E-state index >= 15 is 0 Å². The minimum atomic E-state index is -1.35. The molecular weight excluding hydrogens is 311 g/mol. The summed E-state index contributed by atoms with van der Waals surface area (Å²) in [5.41, 5.74) is -1.35. The van der Waals surface area contributed by atoms with Crippen molar-refractivity contribution >= 4 is 33.8 Å². The molecule has 0 bridgehead atoms. The van der Waals surface area contributed by atoms with Crippen molar-refractivity contribution in [2.75, 3.05) is 5.33 Å². The van der Waals surface area contributed by atoms with Gasteiger partial charge in [-0.3, -0.25) is 14.4 Å². The molecular formula is C11H14BrN2NaO3. The third-order valence-electron chi connectivity index (χ3n) is 3.01. The molecule has 1 N–H and O–H groups in total. The molecule has 0 aromatic heterocycles. The predicted octanol–water partition coefficient (Wildman–Crippen LogP) is -0.876. The smallest absolute Gasteiger partial charge is 0.394 e. The van der Waals surface area contributed by atoms with E-state index < -0.39 is 23.3 Å². The van der Waals surface area contributed by atoms with Crippen LogP contribution in [-0.4, -0.2) is 23.2 Å². The van der Waals surface area contributed by atoms with Crippen molar-refractivity contribution in [1.29, 1.82) is 0 Å². The van der Waals surface area contributed by atoms with Gasteiger partial charge in [-0.1, -0.05) is 48.4 Å². The summed E-state index contributed by atoms with van der Waals surface area (Å²) >= 11 is 3.20. The number of amides is 4. The molecule has 4 amide bonds. The van der Waals surface area contributed by atoms with Crippen LogP contribution in [0.15, 0.2) is 12.2 Å². The Balaban J connectivity index is 0.00000289. The van der Waals surface area contributed by atoms with Gasteiger partial charge in [-0.2, -0.15) is 0 Å². The molecule has 18 heavy (non-hydrogen) atoms. The zero-order valence-corrected chi connectivity index (χ0v) is 14.3. The van der Waals surface area contributed by atoms with Crippen molar-refractivity contribution in [1.82, 2.24) is 5.32 Å². The van der Waals surface area contributed by atoms with E-state index in [9.17, 15) is 14.4 Å². The third-order valence-corrected chi connectivity index (χ3v) is 3.39. The number of barbiturate groups is 1. The predicted molar refractivity (Wildman–Crippen MR) is 66.7 cm³/mol. The summed E-state index contributed by atoms with van der Waals surface area (Å²) < 4.78 is 0. The van der Waals surface area contributed by atoms with Gasteiger partial charge in [0, 0.05) is 5.33 Å². The van der Waals surface area contributed by atoms with Gasteiger partial charge in [-0.05, 0) is 5.92 Å². The number of nitrogens with zero attached hydrogens (tertiary/aromatic N) is 1. The second-order valence-electron chi connectivity index (χ2n) is 3.91. The summed E-state index contributed by atoms with van der Waals surface area (Å²) in [6.45, 7) is 3.67. The first-order chi connectivity index (χ1) is 7.98. The number of halogens is 1. The Morgan fingerprint density at radius 1 is 1.44 bits per heavy atom. The Morgan fingerprint density at radius 3 is 2.50 bits per heavy atom. The minimum Gasteiger partial charge on any atom is -0.394 e. The standard InChI is InChI=1S/C11H15BrN2O3.Na/c1-3-7(2)11(5-4-6-12)8(15)13-10(17)14-9(11)16;/h4-5,7H,3,6H2,1-2H3,(H2,13,14,15,16,17);/q;+1/p-1/b5-4+;. The summed E-state index contributed by atoms with van der Waals surface area (Å²) in [7, 11) is 0. The van der Waals surface area contributed by atoms with Crippen LogP contribution in [0.3, 0.4) is 0 Å². The van der Waals surface area contributed by atoms with Gasteiger partial charge in [0.2, 0.25) is 0 Å². The van der Waals surface area contributed by atoms with E-state index in [-0.39, 0.29) is 35.5 Å². The molecule has 0 aromatic rings. The van der Waals surface area contributed by atoms with E-state index in [2.05, 4.69) is 26.6 Å². The molecule has 1 rings (SSSR count). The van der Waals surface area contributed by atoms with E-state index in [4.69, 9.17) is 0 Å². The van der Waals surface area contributed by atoms with Crippen LogP contribution in [0, 0.1) is 11.3 Å². The molecule has 1 heterocycles. The van der Waals surface area contributed by atoms with Crippen molar-refractivity contribution in [2.24, 2.45) is 11.3 Å². The van der Waals surface area contributed by atoms with Gasteiger partial charge in [-0.15, -0.1) is 0 Å². The van der Waals surface area contributed by atoms with Gasteiger partial charge in [0.1, 0.15) is 5.41 Å². The van der Waals surface area contributed by atoms with Gasteiger partial charge < -0.3 is 10.6 Å². The number of allylic oxidation sites excluding steroid dienone is 1. The number of imide groups is 2. The number of carbonyl (C=O) groups is 3. The molecule has 0 radical (unpaired) electrons. The fourth-order valence-electron chi connectivity index (χ4n) is 1.81. The van der Waals surface area contributed by atoms with Gasteiger partial charge in [-0.25, -0.2) is 0 Å². The molecule has 0 aliphatic carbocycles. The summed E-state index contributed by atoms with van der Waals surface area (Å²) in [5.74, 6) is -1.49. The number of urea groups is 1. The molecule has 1 aliphatic heterocycles.